The zero-order valence-electron chi connectivity index (χ0n) is 15.5. The van der Waals surface area contributed by atoms with Crippen LogP contribution < -0.4 is 5.32 Å². The molecule has 2 atom stereocenters. The lowest BCUT2D eigenvalue weighted by Crippen LogP contribution is -2.48. The number of rotatable bonds is 7. The van der Waals surface area contributed by atoms with Crippen molar-refractivity contribution in [2.45, 2.75) is 52.7 Å². The minimum Gasteiger partial charge on any atom is -0.456 e. The van der Waals surface area contributed by atoms with Crippen LogP contribution >= 0.6 is 0 Å². The molecule has 6 heteroatoms. The first-order chi connectivity index (χ1) is 11.6. The van der Waals surface area contributed by atoms with Crippen LogP contribution in [0.4, 0.5) is 4.79 Å². The molecule has 25 heavy (non-hydrogen) atoms. The van der Waals surface area contributed by atoms with Gasteiger partial charge in [-0.25, -0.2) is 9.59 Å². The number of ketones is 1. The van der Waals surface area contributed by atoms with Gasteiger partial charge >= 0.3 is 12.1 Å². The van der Waals surface area contributed by atoms with E-state index in [1.807, 2.05) is 13.8 Å². The molecule has 0 heterocycles. The fourth-order valence-electron chi connectivity index (χ4n) is 2.04. The number of ether oxygens (including phenoxy) is 2. The van der Waals surface area contributed by atoms with Crippen molar-refractivity contribution < 1.29 is 23.9 Å². The second kappa shape index (κ2) is 9.20. The van der Waals surface area contributed by atoms with Crippen molar-refractivity contribution in [1.29, 1.82) is 0 Å². The number of esters is 1. The van der Waals surface area contributed by atoms with Crippen molar-refractivity contribution in [3.05, 3.63) is 35.9 Å². The average Bonchev–Trinajstić information content (AvgIpc) is 2.55. The molecule has 6 nitrogen and oxygen atoms in total. The van der Waals surface area contributed by atoms with E-state index in [9.17, 15) is 14.4 Å². The lowest BCUT2D eigenvalue weighted by atomic mass is 9.99. The highest BCUT2D eigenvalue weighted by molar-refractivity contribution is 5.98. The number of alkyl carbamates (subject to hydrolysis) is 1. The minimum absolute atomic E-state index is 0.160. The molecule has 0 aliphatic heterocycles. The van der Waals surface area contributed by atoms with Gasteiger partial charge in [-0.3, -0.25) is 4.79 Å². The van der Waals surface area contributed by atoms with Crippen molar-refractivity contribution in [3.63, 3.8) is 0 Å². The maximum atomic E-state index is 12.3. The Hall–Kier alpha value is -2.37. The maximum absolute atomic E-state index is 12.3. The molecule has 0 fully saturated rings. The van der Waals surface area contributed by atoms with E-state index < -0.39 is 23.7 Å². The van der Waals surface area contributed by atoms with E-state index in [-0.39, 0.29) is 18.3 Å². The van der Waals surface area contributed by atoms with Crippen molar-refractivity contribution in [2.24, 2.45) is 5.92 Å². The molecule has 1 aromatic rings. The maximum Gasteiger partial charge on any atom is 0.408 e. The van der Waals surface area contributed by atoms with Crippen LogP contribution in [-0.2, 0) is 14.3 Å². The molecule has 0 aliphatic carbocycles. The molecule has 1 amide bonds. The Morgan fingerprint density at radius 1 is 1.12 bits per heavy atom. The zero-order valence-corrected chi connectivity index (χ0v) is 15.5. The lowest BCUT2D eigenvalue weighted by Gasteiger charge is -2.25. The molecule has 0 aromatic heterocycles. The first-order valence-corrected chi connectivity index (χ1v) is 8.38. The van der Waals surface area contributed by atoms with Crippen LogP contribution in [0.25, 0.3) is 0 Å². The second-order valence-corrected chi connectivity index (χ2v) is 6.91. The quantitative estimate of drug-likeness (QED) is 0.603. The highest BCUT2D eigenvalue weighted by Gasteiger charge is 2.30. The third kappa shape index (κ3) is 7.37. The van der Waals surface area contributed by atoms with Crippen LogP contribution in [0.2, 0.25) is 0 Å². The van der Waals surface area contributed by atoms with Crippen LogP contribution in [-0.4, -0.2) is 36.1 Å². The van der Waals surface area contributed by atoms with Gasteiger partial charge in [-0.1, -0.05) is 50.6 Å². The van der Waals surface area contributed by atoms with Gasteiger partial charge in [0.1, 0.15) is 11.6 Å². The van der Waals surface area contributed by atoms with Crippen molar-refractivity contribution in [3.8, 4) is 0 Å². The summed E-state index contributed by atoms with van der Waals surface area (Å²) in [4.78, 5) is 36.3. The largest absolute Gasteiger partial charge is 0.456 e. The summed E-state index contributed by atoms with van der Waals surface area (Å²) in [5.74, 6) is -1.11. The number of benzene rings is 1. The molecule has 0 saturated heterocycles. The van der Waals surface area contributed by atoms with E-state index in [4.69, 9.17) is 9.47 Å². The molecule has 0 aliphatic rings. The summed E-state index contributed by atoms with van der Waals surface area (Å²) < 4.78 is 10.3. The molecule has 1 rings (SSSR count). The summed E-state index contributed by atoms with van der Waals surface area (Å²) >= 11 is 0. The summed E-state index contributed by atoms with van der Waals surface area (Å²) in [6.07, 6.45) is -0.0357. The SMILES string of the molecule is CC[C@@H](C)[C@@H](NC(=O)OC(C)(C)C)C(=O)OCC(=O)c1ccccc1. The van der Waals surface area contributed by atoms with Gasteiger partial charge in [0, 0.05) is 5.56 Å². The van der Waals surface area contributed by atoms with Crippen molar-refractivity contribution in [1.82, 2.24) is 5.32 Å². The van der Waals surface area contributed by atoms with Crippen LogP contribution in [0.3, 0.4) is 0 Å². The Bertz CT molecular complexity index is 592. The monoisotopic (exact) mass is 349 g/mol. The smallest absolute Gasteiger partial charge is 0.408 e. The number of Topliss-reactive ketones (excluding diaryl/α,β-unsaturated/α-hetero) is 1. The highest BCUT2D eigenvalue weighted by Crippen LogP contribution is 2.12. The fourth-order valence-corrected chi connectivity index (χ4v) is 2.04. The van der Waals surface area contributed by atoms with Crippen LogP contribution in [0.5, 0.6) is 0 Å². The second-order valence-electron chi connectivity index (χ2n) is 6.91. The van der Waals surface area contributed by atoms with E-state index >= 15 is 0 Å². The zero-order chi connectivity index (χ0) is 19.0. The first kappa shape index (κ1) is 20.7. The minimum atomic E-state index is -0.872. The number of hydrogen-bond donors (Lipinski definition) is 1. The Labute approximate surface area is 148 Å². The highest BCUT2D eigenvalue weighted by atomic mass is 16.6. The van der Waals surface area contributed by atoms with Gasteiger partial charge in [0.15, 0.2) is 12.4 Å². The number of carbonyl (C=O) groups excluding carboxylic acids is 3. The van der Waals surface area contributed by atoms with Crippen LogP contribution in [0, 0.1) is 5.92 Å². The molecule has 0 bridgehead atoms. The van der Waals surface area contributed by atoms with Gasteiger partial charge in [0.25, 0.3) is 0 Å². The number of amides is 1. The Morgan fingerprint density at radius 2 is 1.72 bits per heavy atom. The number of carbonyl (C=O) groups is 3. The van der Waals surface area contributed by atoms with E-state index in [0.29, 0.717) is 12.0 Å². The fraction of sp³-hybridized carbons (Fsp3) is 0.526. The molecular weight excluding hydrogens is 322 g/mol. The molecule has 0 spiro atoms. The molecule has 0 unspecified atom stereocenters. The summed E-state index contributed by atoms with van der Waals surface area (Å²) in [5.41, 5.74) is -0.201. The third-order valence-corrected chi connectivity index (χ3v) is 3.58. The van der Waals surface area contributed by atoms with Gasteiger partial charge in [0.05, 0.1) is 0 Å². The van der Waals surface area contributed by atoms with E-state index in [1.54, 1.807) is 51.1 Å². The summed E-state index contributed by atoms with van der Waals surface area (Å²) in [7, 11) is 0. The molecule has 1 N–H and O–H groups in total. The lowest BCUT2D eigenvalue weighted by molar-refractivity contribution is -0.146. The summed E-state index contributed by atoms with van der Waals surface area (Å²) in [6, 6.07) is 7.71. The third-order valence-electron chi connectivity index (χ3n) is 3.58. The van der Waals surface area contributed by atoms with E-state index in [2.05, 4.69) is 5.32 Å². The van der Waals surface area contributed by atoms with Crippen molar-refractivity contribution in [2.75, 3.05) is 6.61 Å². The molecule has 0 radical (unpaired) electrons. The van der Waals surface area contributed by atoms with E-state index in [0.717, 1.165) is 0 Å². The van der Waals surface area contributed by atoms with Gasteiger partial charge in [0.2, 0.25) is 0 Å². The topological polar surface area (TPSA) is 81.7 Å². The van der Waals surface area contributed by atoms with Crippen LogP contribution in [0.1, 0.15) is 51.4 Å². The number of hydrogen-bond acceptors (Lipinski definition) is 5. The molecule has 138 valence electrons. The molecule has 0 saturated carbocycles. The normalized spacial score (nSPS) is 13.5. The van der Waals surface area contributed by atoms with Crippen molar-refractivity contribution >= 4 is 17.8 Å². The van der Waals surface area contributed by atoms with Gasteiger partial charge in [-0.15, -0.1) is 0 Å². The standard InChI is InChI=1S/C19H27NO5/c1-6-13(2)16(20-18(23)25-19(3,4)5)17(22)24-12-15(21)14-10-8-7-9-11-14/h7-11,13,16H,6,12H2,1-5H3,(H,20,23)/t13-,16-/m1/s1. The van der Waals surface area contributed by atoms with Gasteiger partial charge in [-0.2, -0.15) is 0 Å². The predicted octanol–water partition coefficient (Wildman–Crippen LogP) is 3.35. The summed E-state index contributed by atoms with van der Waals surface area (Å²) in [5, 5.41) is 2.54. The predicted molar refractivity (Wildman–Crippen MR) is 94.3 cm³/mol. The summed E-state index contributed by atoms with van der Waals surface area (Å²) in [6.45, 7) is 8.57. The number of nitrogens with one attached hydrogen (secondary N) is 1. The Kier molecular flexibility index (Phi) is 7.61. The van der Waals surface area contributed by atoms with Crippen LogP contribution in [0.15, 0.2) is 30.3 Å². The van der Waals surface area contributed by atoms with Gasteiger partial charge < -0.3 is 14.8 Å². The average molecular weight is 349 g/mol. The van der Waals surface area contributed by atoms with Gasteiger partial charge in [-0.05, 0) is 26.7 Å². The van der Waals surface area contributed by atoms with E-state index in [1.165, 1.54) is 0 Å². The Balaban J connectivity index is 2.67. The first-order valence-electron chi connectivity index (χ1n) is 8.38. The molecule has 1 aromatic carbocycles. The molecular formula is C19H27NO5. The Morgan fingerprint density at radius 3 is 2.24 bits per heavy atom.